The number of nitrogens with zero attached hydrogens (tertiary/aromatic N) is 2. The maximum atomic E-state index is 4.70. The van der Waals surface area contributed by atoms with E-state index in [1.165, 1.54) is 29.7 Å². The predicted octanol–water partition coefficient (Wildman–Crippen LogP) is 3.56. The van der Waals surface area contributed by atoms with Gasteiger partial charge in [0.1, 0.15) is 0 Å². The molecule has 2 aromatic rings. The molecule has 21 heavy (non-hydrogen) atoms. The number of likely N-dealkylation sites (N-methyl/N-ethyl adjacent to an activating group) is 1. The van der Waals surface area contributed by atoms with E-state index in [0.29, 0.717) is 12.0 Å². The summed E-state index contributed by atoms with van der Waals surface area (Å²) in [7, 11) is 0. The van der Waals surface area contributed by atoms with Gasteiger partial charge in [0.05, 0.1) is 0 Å². The minimum atomic E-state index is 0.303. The van der Waals surface area contributed by atoms with Crippen molar-refractivity contribution >= 4 is 0 Å². The third kappa shape index (κ3) is 2.84. The number of hydrogen-bond acceptors (Lipinski definition) is 3. The molecule has 0 fully saturated rings. The van der Waals surface area contributed by atoms with Gasteiger partial charge in [-0.1, -0.05) is 19.1 Å². The van der Waals surface area contributed by atoms with Crippen LogP contribution in [0.15, 0.2) is 36.7 Å². The molecule has 1 aliphatic carbocycles. The molecule has 0 aromatic carbocycles. The number of aromatic nitrogens is 2. The Hall–Kier alpha value is -1.74. The van der Waals surface area contributed by atoms with E-state index in [2.05, 4.69) is 42.3 Å². The molecule has 0 radical (unpaired) electrons. The van der Waals surface area contributed by atoms with E-state index < -0.39 is 0 Å². The number of fused-ring (bicyclic) bond motifs is 1. The first kappa shape index (κ1) is 14.2. The lowest BCUT2D eigenvalue weighted by Gasteiger charge is -2.32. The number of hydrogen-bond donors (Lipinski definition) is 1. The van der Waals surface area contributed by atoms with Crippen LogP contribution in [0.25, 0.3) is 0 Å². The summed E-state index contributed by atoms with van der Waals surface area (Å²) in [5.74, 6) is 0.442. The average molecular weight is 281 g/mol. The highest BCUT2D eigenvalue weighted by Gasteiger charge is 2.30. The summed E-state index contributed by atoms with van der Waals surface area (Å²) >= 11 is 0. The second-order valence-corrected chi connectivity index (χ2v) is 5.76. The maximum absolute atomic E-state index is 4.70. The van der Waals surface area contributed by atoms with Gasteiger partial charge in [-0.3, -0.25) is 9.97 Å². The summed E-state index contributed by atoms with van der Waals surface area (Å²) in [6.07, 6.45) is 7.39. The van der Waals surface area contributed by atoms with Gasteiger partial charge in [0.25, 0.3) is 0 Å². The highest BCUT2D eigenvalue weighted by molar-refractivity contribution is 5.32. The third-order valence-electron chi connectivity index (χ3n) is 4.45. The average Bonchev–Trinajstić information content (AvgIpc) is 2.53. The molecule has 2 heterocycles. The Morgan fingerprint density at radius 2 is 2.05 bits per heavy atom. The minimum absolute atomic E-state index is 0.303. The van der Waals surface area contributed by atoms with E-state index in [9.17, 15) is 0 Å². The van der Waals surface area contributed by atoms with Crippen LogP contribution in [0.3, 0.4) is 0 Å². The lowest BCUT2D eigenvalue weighted by Crippen LogP contribution is -2.30. The van der Waals surface area contributed by atoms with Gasteiger partial charge in [-0.2, -0.15) is 0 Å². The van der Waals surface area contributed by atoms with Crippen LogP contribution in [-0.4, -0.2) is 16.5 Å². The standard InChI is InChI=1S/C18H23N3/c1-3-19-18(15-10-6-11-20-13(15)2)16-9-4-7-14-8-5-12-21-17(14)16/h5-6,8,10-12,16,18-19H,3-4,7,9H2,1-2H3. The van der Waals surface area contributed by atoms with Crippen LogP contribution in [0.1, 0.15) is 54.2 Å². The van der Waals surface area contributed by atoms with E-state index >= 15 is 0 Å². The molecule has 3 heteroatoms. The first-order chi connectivity index (χ1) is 10.3. The molecule has 0 saturated carbocycles. The number of pyridine rings is 2. The Morgan fingerprint density at radius 3 is 2.86 bits per heavy atom. The maximum Gasteiger partial charge on any atom is 0.0485 e. The second-order valence-electron chi connectivity index (χ2n) is 5.76. The molecule has 110 valence electrons. The van der Waals surface area contributed by atoms with Crippen LogP contribution in [-0.2, 0) is 6.42 Å². The Kier molecular flexibility index (Phi) is 4.30. The van der Waals surface area contributed by atoms with E-state index in [0.717, 1.165) is 18.7 Å². The monoisotopic (exact) mass is 281 g/mol. The van der Waals surface area contributed by atoms with Gasteiger partial charge in [0.2, 0.25) is 0 Å². The fraction of sp³-hybridized carbons (Fsp3) is 0.444. The van der Waals surface area contributed by atoms with Crippen LogP contribution < -0.4 is 5.32 Å². The fourth-order valence-corrected chi connectivity index (χ4v) is 3.48. The van der Waals surface area contributed by atoms with Crippen LogP contribution >= 0.6 is 0 Å². The van der Waals surface area contributed by atoms with Crippen LogP contribution in [0, 0.1) is 6.92 Å². The summed E-state index contributed by atoms with van der Waals surface area (Å²) in [5.41, 5.74) is 5.12. The molecule has 0 amide bonds. The Bertz CT molecular complexity index is 609. The van der Waals surface area contributed by atoms with Crippen molar-refractivity contribution < 1.29 is 0 Å². The predicted molar refractivity (Wildman–Crippen MR) is 85.3 cm³/mol. The van der Waals surface area contributed by atoms with Gasteiger partial charge in [-0.25, -0.2) is 0 Å². The van der Waals surface area contributed by atoms with Gasteiger partial charge < -0.3 is 5.32 Å². The molecule has 0 spiro atoms. The van der Waals surface area contributed by atoms with Crippen molar-refractivity contribution in [2.24, 2.45) is 0 Å². The van der Waals surface area contributed by atoms with Crippen LogP contribution in [0.5, 0.6) is 0 Å². The van der Waals surface area contributed by atoms with Gasteiger partial charge >= 0.3 is 0 Å². The van der Waals surface area contributed by atoms with E-state index in [4.69, 9.17) is 4.98 Å². The zero-order chi connectivity index (χ0) is 14.7. The normalized spacial score (nSPS) is 19.0. The Labute approximate surface area is 126 Å². The fourth-order valence-electron chi connectivity index (χ4n) is 3.48. The van der Waals surface area contributed by atoms with Crippen molar-refractivity contribution in [1.82, 2.24) is 15.3 Å². The van der Waals surface area contributed by atoms with Gasteiger partial charge in [0.15, 0.2) is 0 Å². The molecular formula is C18H23N3. The summed E-state index contributed by atoms with van der Waals surface area (Å²) in [5, 5.41) is 3.67. The van der Waals surface area contributed by atoms with Gasteiger partial charge in [-0.15, -0.1) is 0 Å². The molecule has 2 unspecified atom stereocenters. The molecule has 0 saturated heterocycles. The lowest BCUT2D eigenvalue weighted by molar-refractivity contribution is 0.398. The van der Waals surface area contributed by atoms with Crippen LogP contribution in [0.4, 0.5) is 0 Å². The van der Waals surface area contributed by atoms with Crippen molar-refractivity contribution in [2.75, 3.05) is 6.54 Å². The second kappa shape index (κ2) is 6.35. The lowest BCUT2D eigenvalue weighted by atomic mass is 9.79. The van der Waals surface area contributed by atoms with Crippen molar-refractivity contribution in [3.05, 3.63) is 59.2 Å². The highest BCUT2D eigenvalue weighted by Crippen LogP contribution is 2.39. The molecule has 3 rings (SSSR count). The molecule has 2 aromatic heterocycles. The smallest absolute Gasteiger partial charge is 0.0485 e. The van der Waals surface area contributed by atoms with Crippen molar-refractivity contribution in [3.63, 3.8) is 0 Å². The molecule has 1 aliphatic rings. The SMILES string of the molecule is CCNC(c1cccnc1C)C1CCCc2cccnc21. The molecule has 0 bridgehead atoms. The van der Waals surface area contributed by atoms with E-state index in [1.54, 1.807) is 0 Å². The topological polar surface area (TPSA) is 37.8 Å². The number of nitrogens with one attached hydrogen (secondary N) is 1. The largest absolute Gasteiger partial charge is 0.310 e. The van der Waals surface area contributed by atoms with E-state index in [-0.39, 0.29) is 0 Å². The quantitative estimate of drug-likeness (QED) is 0.931. The first-order valence-corrected chi connectivity index (χ1v) is 7.90. The zero-order valence-corrected chi connectivity index (χ0v) is 12.8. The van der Waals surface area contributed by atoms with Gasteiger partial charge in [0, 0.05) is 35.7 Å². The van der Waals surface area contributed by atoms with Gasteiger partial charge in [-0.05, 0) is 56.0 Å². The number of rotatable bonds is 4. The van der Waals surface area contributed by atoms with Crippen molar-refractivity contribution in [3.8, 4) is 0 Å². The van der Waals surface area contributed by atoms with Crippen molar-refractivity contribution in [2.45, 2.75) is 45.1 Å². The van der Waals surface area contributed by atoms with Crippen LogP contribution in [0.2, 0.25) is 0 Å². The molecule has 3 nitrogen and oxygen atoms in total. The summed E-state index contributed by atoms with van der Waals surface area (Å²) in [6.45, 7) is 5.22. The molecule has 2 atom stereocenters. The Balaban J connectivity index is 2.01. The number of aryl methyl sites for hydroxylation is 2. The molecule has 1 N–H and O–H groups in total. The van der Waals surface area contributed by atoms with E-state index in [1.807, 2.05) is 18.5 Å². The summed E-state index contributed by atoms with van der Waals surface area (Å²) in [4.78, 5) is 9.17. The third-order valence-corrected chi connectivity index (χ3v) is 4.45. The molecule has 0 aliphatic heterocycles. The minimum Gasteiger partial charge on any atom is -0.310 e. The Morgan fingerprint density at radius 1 is 1.24 bits per heavy atom. The summed E-state index contributed by atoms with van der Waals surface area (Å²) in [6, 6.07) is 8.83. The molecular weight excluding hydrogens is 258 g/mol. The zero-order valence-electron chi connectivity index (χ0n) is 12.8. The first-order valence-electron chi connectivity index (χ1n) is 7.90. The highest BCUT2D eigenvalue weighted by atomic mass is 14.9. The van der Waals surface area contributed by atoms with Crippen molar-refractivity contribution in [1.29, 1.82) is 0 Å². The summed E-state index contributed by atoms with van der Waals surface area (Å²) < 4.78 is 0.